The Bertz CT molecular complexity index is 1700. The van der Waals surface area contributed by atoms with Gasteiger partial charge in [-0.05, 0) is 31.0 Å². The molecule has 1 aliphatic rings. The summed E-state index contributed by atoms with van der Waals surface area (Å²) in [7, 11) is -1.92. The smallest absolute Gasteiger partial charge is 0.279 e. The summed E-state index contributed by atoms with van der Waals surface area (Å²) in [5, 5.41) is 13.8. The van der Waals surface area contributed by atoms with Gasteiger partial charge in [0, 0.05) is 52.2 Å². The van der Waals surface area contributed by atoms with Gasteiger partial charge in [0.05, 0.1) is 35.9 Å². The van der Waals surface area contributed by atoms with Gasteiger partial charge in [0.1, 0.15) is 22.9 Å². The van der Waals surface area contributed by atoms with E-state index in [0.29, 0.717) is 69.1 Å². The van der Waals surface area contributed by atoms with Crippen LogP contribution in [0.3, 0.4) is 0 Å². The molecule has 42 heavy (non-hydrogen) atoms. The zero-order valence-corrected chi connectivity index (χ0v) is 25.1. The molecule has 1 saturated heterocycles. The number of nitrogens with zero attached hydrogens (tertiary/aromatic N) is 7. The number of rotatable bonds is 12. The summed E-state index contributed by atoms with van der Waals surface area (Å²) in [6, 6.07) is 4.69. The molecule has 0 saturated carbocycles. The third-order valence-corrected chi connectivity index (χ3v) is 9.35. The van der Waals surface area contributed by atoms with E-state index in [1.807, 2.05) is 36.6 Å². The summed E-state index contributed by atoms with van der Waals surface area (Å²) >= 11 is 0. The Balaban J connectivity index is 1.58. The van der Waals surface area contributed by atoms with Crippen LogP contribution in [0.25, 0.3) is 22.4 Å². The number of β-amino-alcohol motifs (C(OH)–C–C–N with tert-alkyl or cyclic N) is 1. The van der Waals surface area contributed by atoms with Crippen LogP contribution in [-0.2, 0) is 30.0 Å². The molecule has 226 valence electrons. The molecule has 1 aromatic carbocycles. The highest BCUT2D eigenvalue weighted by Gasteiger charge is 2.30. The number of aliphatic hydroxyl groups excluding tert-OH is 1. The Hall–Kier alpha value is -3.59. The highest BCUT2D eigenvalue weighted by Crippen LogP contribution is 2.32. The van der Waals surface area contributed by atoms with Crippen molar-refractivity contribution in [2.24, 2.45) is 7.05 Å². The van der Waals surface area contributed by atoms with Gasteiger partial charge in [-0.3, -0.25) is 14.4 Å². The number of hydrogen-bond donors (Lipinski definition) is 2. The van der Waals surface area contributed by atoms with E-state index in [2.05, 4.69) is 15.1 Å². The second kappa shape index (κ2) is 12.7. The van der Waals surface area contributed by atoms with Gasteiger partial charge in [-0.15, -0.1) is 0 Å². The lowest BCUT2D eigenvalue weighted by molar-refractivity contribution is 0.151. The molecule has 4 aromatic rings. The second-order valence-electron chi connectivity index (χ2n) is 10.4. The Morgan fingerprint density at radius 3 is 2.55 bits per heavy atom. The highest BCUT2D eigenvalue weighted by atomic mass is 32.2. The van der Waals surface area contributed by atoms with E-state index in [-0.39, 0.29) is 22.8 Å². The van der Waals surface area contributed by atoms with Crippen LogP contribution in [0.4, 0.5) is 0 Å². The van der Waals surface area contributed by atoms with Crippen molar-refractivity contribution < 1.29 is 18.3 Å². The Morgan fingerprint density at radius 1 is 1.10 bits per heavy atom. The summed E-state index contributed by atoms with van der Waals surface area (Å²) in [5.41, 5.74) is 1.47. The minimum atomic E-state index is -3.82. The maximum absolute atomic E-state index is 13.7. The molecule has 0 bridgehead atoms. The van der Waals surface area contributed by atoms with Crippen molar-refractivity contribution >= 4 is 21.1 Å². The number of H-pyrrole nitrogens is 1. The largest absolute Gasteiger partial charge is 0.493 e. The first-order valence-corrected chi connectivity index (χ1v) is 15.8. The molecular weight excluding hydrogens is 560 g/mol. The van der Waals surface area contributed by atoms with Crippen molar-refractivity contribution in [3.8, 4) is 17.1 Å². The van der Waals surface area contributed by atoms with Crippen LogP contribution < -0.4 is 10.3 Å². The summed E-state index contributed by atoms with van der Waals surface area (Å²) in [6.45, 7) is 7.10. The number of aryl methyl sites for hydroxylation is 2. The zero-order chi connectivity index (χ0) is 29.9. The predicted molar refractivity (Wildman–Crippen MR) is 158 cm³/mol. The van der Waals surface area contributed by atoms with Gasteiger partial charge in [0.2, 0.25) is 10.0 Å². The molecule has 0 aliphatic carbocycles. The number of hydrogen-bond acceptors (Lipinski definition) is 9. The highest BCUT2D eigenvalue weighted by molar-refractivity contribution is 7.89. The van der Waals surface area contributed by atoms with Gasteiger partial charge in [-0.25, -0.2) is 18.4 Å². The van der Waals surface area contributed by atoms with Crippen LogP contribution in [0.5, 0.6) is 5.75 Å². The van der Waals surface area contributed by atoms with Gasteiger partial charge in [-0.1, -0.05) is 20.3 Å². The molecule has 3 aromatic heterocycles. The van der Waals surface area contributed by atoms with E-state index in [0.717, 1.165) is 24.4 Å². The topological polar surface area (TPSA) is 151 Å². The number of piperazine rings is 1. The minimum absolute atomic E-state index is 0.0345. The molecule has 0 spiro atoms. The number of nitrogens with one attached hydrogen (secondary N) is 1. The molecule has 0 amide bonds. The van der Waals surface area contributed by atoms with E-state index < -0.39 is 15.6 Å². The van der Waals surface area contributed by atoms with E-state index in [9.17, 15) is 18.3 Å². The van der Waals surface area contributed by atoms with Crippen LogP contribution in [0.2, 0.25) is 0 Å². The second-order valence-corrected chi connectivity index (χ2v) is 12.3. The SMILES string of the molecule is CCCOc1ccc(S(=O)(=O)N2CCN(CCO)CC2)cc1-c1nc2c(CCC)n(Cc3nccn3C)nc2c(=O)[nH]1. The van der Waals surface area contributed by atoms with Gasteiger partial charge in [0.25, 0.3) is 5.56 Å². The van der Waals surface area contributed by atoms with Crippen LogP contribution >= 0.6 is 0 Å². The lowest BCUT2D eigenvalue weighted by Crippen LogP contribution is -2.49. The first-order chi connectivity index (χ1) is 20.3. The van der Waals surface area contributed by atoms with Crippen molar-refractivity contribution in [1.29, 1.82) is 0 Å². The number of imidazole rings is 1. The number of sulfonamides is 1. The zero-order valence-electron chi connectivity index (χ0n) is 24.3. The number of aliphatic hydroxyl groups is 1. The summed E-state index contributed by atoms with van der Waals surface area (Å²) < 4.78 is 38.4. The molecular formula is C28H38N8O5S. The molecule has 1 fully saturated rings. The fourth-order valence-electron chi connectivity index (χ4n) is 5.17. The van der Waals surface area contributed by atoms with Crippen molar-refractivity contribution in [1.82, 2.24) is 38.5 Å². The molecule has 5 rings (SSSR count). The lowest BCUT2D eigenvalue weighted by atomic mass is 10.1. The lowest BCUT2D eigenvalue weighted by Gasteiger charge is -2.33. The number of ether oxygens (including phenoxy) is 1. The van der Waals surface area contributed by atoms with Crippen LogP contribution in [0.1, 0.15) is 38.2 Å². The average Bonchev–Trinajstić information content (AvgIpc) is 3.55. The van der Waals surface area contributed by atoms with Crippen LogP contribution in [0.15, 0.2) is 40.3 Å². The molecule has 0 unspecified atom stereocenters. The van der Waals surface area contributed by atoms with Crippen molar-refractivity contribution in [2.45, 2.75) is 44.6 Å². The number of benzene rings is 1. The molecule has 13 nitrogen and oxygen atoms in total. The Labute approximate surface area is 244 Å². The quantitative estimate of drug-likeness (QED) is 0.248. The normalized spacial score (nSPS) is 15.0. The Kier molecular flexibility index (Phi) is 9.06. The first-order valence-electron chi connectivity index (χ1n) is 14.3. The van der Waals surface area contributed by atoms with Gasteiger partial charge >= 0.3 is 0 Å². The van der Waals surface area contributed by atoms with E-state index in [1.54, 1.807) is 16.9 Å². The average molecular weight is 599 g/mol. The molecule has 14 heteroatoms. The van der Waals surface area contributed by atoms with E-state index in [4.69, 9.17) is 9.72 Å². The van der Waals surface area contributed by atoms with Crippen molar-refractivity contribution in [2.75, 3.05) is 45.9 Å². The number of aromatic nitrogens is 6. The maximum Gasteiger partial charge on any atom is 0.279 e. The molecule has 1 aliphatic heterocycles. The van der Waals surface area contributed by atoms with Gasteiger partial charge in [0.15, 0.2) is 5.52 Å². The molecule has 2 N–H and O–H groups in total. The van der Waals surface area contributed by atoms with Crippen LogP contribution in [0, 0.1) is 0 Å². The van der Waals surface area contributed by atoms with E-state index in [1.165, 1.54) is 16.4 Å². The molecule has 0 radical (unpaired) electrons. The van der Waals surface area contributed by atoms with Gasteiger partial charge < -0.3 is 19.4 Å². The third-order valence-electron chi connectivity index (χ3n) is 7.45. The van der Waals surface area contributed by atoms with E-state index >= 15 is 0 Å². The summed E-state index contributed by atoms with van der Waals surface area (Å²) in [4.78, 5) is 27.6. The number of aromatic amines is 1. The predicted octanol–water partition coefficient (Wildman–Crippen LogP) is 1.61. The monoisotopic (exact) mass is 598 g/mol. The molecule has 4 heterocycles. The van der Waals surface area contributed by atoms with Crippen molar-refractivity contribution in [3.05, 3.63) is 52.5 Å². The molecule has 0 atom stereocenters. The van der Waals surface area contributed by atoms with Crippen LogP contribution in [-0.4, -0.2) is 98.0 Å². The minimum Gasteiger partial charge on any atom is -0.493 e. The number of fused-ring (bicyclic) bond motifs is 1. The third kappa shape index (κ3) is 5.98. The Morgan fingerprint density at radius 2 is 1.88 bits per heavy atom. The first kappa shape index (κ1) is 29.9. The fourth-order valence-corrected chi connectivity index (χ4v) is 6.62. The fraction of sp³-hybridized carbons (Fsp3) is 0.500. The maximum atomic E-state index is 13.7. The summed E-state index contributed by atoms with van der Waals surface area (Å²) in [5.74, 6) is 1.45. The summed E-state index contributed by atoms with van der Waals surface area (Å²) in [6.07, 6.45) is 5.79. The standard InChI is InChI=1S/C28H38N8O5S/c1-4-6-22-25-26(32-36(22)19-24-29-9-10-33(24)3)28(38)31-27(30-25)21-18-20(7-8-23(21)41-17-5-2)42(39,40)35-13-11-34(12-14-35)15-16-37/h7-10,18,37H,4-6,11-17,19H2,1-3H3,(H,30,31,38). The van der Waals surface area contributed by atoms with Gasteiger partial charge in [-0.2, -0.15) is 9.40 Å². The van der Waals surface area contributed by atoms with Crippen molar-refractivity contribution in [3.63, 3.8) is 0 Å².